The molecule has 0 radical (unpaired) electrons. The van der Waals surface area contributed by atoms with Gasteiger partial charge in [-0.1, -0.05) is 234 Å². The van der Waals surface area contributed by atoms with Crippen LogP contribution in [-0.2, 0) is 28.6 Å². The molecule has 0 rings (SSSR count). The quantitative estimate of drug-likeness (QED) is 0.0347. The molecule has 0 aliphatic carbocycles. The molecule has 332 valence electrons. The molecule has 1 unspecified atom stereocenters. The van der Waals surface area contributed by atoms with Crippen molar-refractivity contribution < 1.29 is 28.6 Å². The lowest BCUT2D eigenvalue weighted by Gasteiger charge is -2.18. The lowest BCUT2D eigenvalue weighted by Crippen LogP contribution is -2.30. The second kappa shape index (κ2) is 43.0. The molecule has 6 nitrogen and oxygen atoms in total. The van der Waals surface area contributed by atoms with Crippen molar-refractivity contribution in [2.75, 3.05) is 13.2 Å². The van der Waals surface area contributed by atoms with E-state index in [0.29, 0.717) is 19.3 Å². The first kappa shape index (κ1) is 54.4. The van der Waals surface area contributed by atoms with Gasteiger partial charge in [0.25, 0.3) is 0 Å². The molecule has 0 N–H and O–H groups in total. The number of esters is 3. The van der Waals surface area contributed by atoms with Gasteiger partial charge in [0.2, 0.25) is 0 Å². The van der Waals surface area contributed by atoms with E-state index >= 15 is 0 Å². The van der Waals surface area contributed by atoms with Crippen molar-refractivity contribution in [2.24, 2.45) is 11.8 Å². The highest BCUT2D eigenvalue weighted by molar-refractivity contribution is 5.71. The van der Waals surface area contributed by atoms with E-state index < -0.39 is 6.10 Å². The Morgan fingerprint density at radius 1 is 0.375 bits per heavy atom. The zero-order valence-corrected chi connectivity index (χ0v) is 38.3. The van der Waals surface area contributed by atoms with Gasteiger partial charge in [-0.3, -0.25) is 14.4 Å². The fraction of sp³-hybridized carbons (Fsp3) is 0.940. The molecule has 6 heteroatoms. The van der Waals surface area contributed by atoms with Gasteiger partial charge in [0.15, 0.2) is 6.10 Å². The molecule has 0 saturated carbocycles. The summed E-state index contributed by atoms with van der Waals surface area (Å²) >= 11 is 0. The molecule has 0 aromatic rings. The van der Waals surface area contributed by atoms with Crippen LogP contribution >= 0.6 is 0 Å². The Hall–Kier alpha value is -1.59. The van der Waals surface area contributed by atoms with Crippen LogP contribution < -0.4 is 0 Å². The van der Waals surface area contributed by atoms with Gasteiger partial charge < -0.3 is 14.2 Å². The van der Waals surface area contributed by atoms with Crippen LogP contribution in [0.15, 0.2) is 0 Å². The number of rotatable bonds is 44. The van der Waals surface area contributed by atoms with Crippen LogP contribution in [0.4, 0.5) is 0 Å². The predicted octanol–water partition coefficient (Wildman–Crippen LogP) is 15.8. The topological polar surface area (TPSA) is 78.9 Å². The van der Waals surface area contributed by atoms with Crippen LogP contribution in [0, 0.1) is 11.8 Å². The molecule has 0 heterocycles. The summed E-state index contributed by atoms with van der Waals surface area (Å²) < 4.78 is 16.7. The van der Waals surface area contributed by atoms with Crippen molar-refractivity contribution in [1.29, 1.82) is 0 Å². The van der Waals surface area contributed by atoms with Crippen molar-refractivity contribution in [2.45, 2.75) is 278 Å². The van der Waals surface area contributed by atoms with E-state index in [4.69, 9.17) is 14.2 Å². The van der Waals surface area contributed by atoms with Crippen molar-refractivity contribution in [3.05, 3.63) is 0 Å². The van der Waals surface area contributed by atoms with E-state index in [1.165, 1.54) is 161 Å². The Morgan fingerprint density at radius 2 is 0.679 bits per heavy atom. The zero-order chi connectivity index (χ0) is 41.2. The van der Waals surface area contributed by atoms with E-state index in [1.54, 1.807) is 0 Å². The SMILES string of the molecule is CCCCCCCCCC(=O)OC[C@H](COC(=O)CCCCCCCCCCCCCCCCCCCCC(C)CC)OC(=O)CCCCCCCCC(C)C. The molecule has 0 spiro atoms. The molecule has 0 amide bonds. The van der Waals surface area contributed by atoms with Crippen LogP contribution in [0.5, 0.6) is 0 Å². The molecule has 56 heavy (non-hydrogen) atoms. The zero-order valence-electron chi connectivity index (χ0n) is 38.3. The minimum Gasteiger partial charge on any atom is -0.462 e. The molecule has 0 aromatic heterocycles. The van der Waals surface area contributed by atoms with Crippen LogP contribution in [0.3, 0.4) is 0 Å². The summed E-state index contributed by atoms with van der Waals surface area (Å²) in [7, 11) is 0. The first-order valence-corrected chi connectivity index (χ1v) is 24.8. The van der Waals surface area contributed by atoms with Gasteiger partial charge in [-0.25, -0.2) is 0 Å². The number of ether oxygens (including phenoxy) is 3. The minimum atomic E-state index is -0.760. The molecular formula is C50H96O6. The van der Waals surface area contributed by atoms with E-state index in [-0.39, 0.29) is 31.1 Å². The molecule has 0 saturated heterocycles. The molecular weight excluding hydrogens is 697 g/mol. The smallest absolute Gasteiger partial charge is 0.306 e. The molecule has 0 aliphatic heterocycles. The highest BCUT2D eigenvalue weighted by Crippen LogP contribution is 2.18. The van der Waals surface area contributed by atoms with Crippen molar-refractivity contribution in [1.82, 2.24) is 0 Å². The van der Waals surface area contributed by atoms with Gasteiger partial charge in [-0.15, -0.1) is 0 Å². The fourth-order valence-corrected chi connectivity index (χ4v) is 7.43. The lowest BCUT2D eigenvalue weighted by atomic mass is 9.99. The normalized spacial score (nSPS) is 12.5. The standard InChI is InChI=1S/C50H96O6/c1-6-8-9-10-23-30-35-40-48(51)54-43-47(56-50(53)42-37-32-27-26-28-33-38-45(3)4)44-55-49(52)41-36-31-25-22-20-18-16-14-12-11-13-15-17-19-21-24-29-34-39-46(5)7-2/h45-47H,6-44H2,1-5H3/t46?,47-/m1/s1. The predicted molar refractivity (Wildman–Crippen MR) is 238 cm³/mol. The first-order valence-electron chi connectivity index (χ1n) is 24.8. The second-order valence-electron chi connectivity index (χ2n) is 17.8. The molecule has 0 aromatic carbocycles. The minimum absolute atomic E-state index is 0.0656. The van der Waals surface area contributed by atoms with Gasteiger partial charge in [0, 0.05) is 19.3 Å². The van der Waals surface area contributed by atoms with Crippen LogP contribution in [-0.4, -0.2) is 37.2 Å². The van der Waals surface area contributed by atoms with Crippen LogP contribution in [0.2, 0.25) is 0 Å². The second-order valence-corrected chi connectivity index (χ2v) is 17.8. The van der Waals surface area contributed by atoms with E-state index in [2.05, 4.69) is 34.6 Å². The van der Waals surface area contributed by atoms with Crippen molar-refractivity contribution >= 4 is 17.9 Å². The third-order valence-electron chi connectivity index (χ3n) is 11.6. The summed E-state index contributed by atoms with van der Waals surface area (Å²) in [5, 5.41) is 0. The van der Waals surface area contributed by atoms with Gasteiger partial charge in [0.05, 0.1) is 0 Å². The number of unbranched alkanes of at least 4 members (excludes halogenated alkanes) is 28. The van der Waals surface area contributed by atoms with Gasteiger partial charge in [-0.05, 0) is 31.1 Å². The summed E-state index contributed by atoms with van der Waals surface area (Å²) in [6, 6.07) is 0. The number of hydrogen-bond acceptors (Lipinski definition) is 6. The molecule has 0 aliphatic rings. The Bertz CT molecular complexity index is 856. The first-order chi connectivity index (χ1) is 27.3. The summed E-state index contributed by atoms with van der Waals surface area (Å²) in [4.78, 5) is 37.6. The Morgan fingerprint density at radius 3 is 1.02 bits per heavy atom. The lowest BCUT2D eigenvalue weighted by molar-refractivity contribution is -0.167. The maximum Gasteiger partial charge on any atom is 0.306 e. The summed E-state index contributed by atoms with van der Waals surface area (Å²) in [5.41, 5.74) is 0. The summed E-state index contributed by atoms with van der Waals surface area (Å²) in [6.07, 6.45) is 42.6. The number of carbonyl (C=O) groups excluding carboxylic acids is 3. The van der Waals surface area contributed by atoms with Gasteiger partial charge in [0.1, 0.15) is 13.2 Å². The monoisotopic (exact) mass is 793 g/mol. The third-order valence-corrected chi connectivity index (χ3v) is 11.6. The molecule has 0 fully saturated rings. The Balaban J connectivity index is 4.07. The molecule has 0 bridgehead atoms. The number of carbonyl (C=O) groups is 3. The Labute approximate surface area is 348 Å². The number of hydrogen-bond donors (Lipinski definition) is 0. The van der Waals surface area contributed by atoms with Crippen LogP contribution in [0.25, 0.3) is 0 Å². The highest BCUT2D eigenvalue weighted by Gasteiger charge is 2.19. The van der Waals surface area contributed by atoms with Crippen molar-refractivity contribution in [3.63, 3.8) is 0 Å². The maximum atomic E-state index is 12.6. The van der Waals surface area contributed by atoms with Gasteiger partial charge in [-0.2, -0.15) is 0 Å². The average molecular weight is 793 g/mol. The molecule has 2 atom stereocenters. The third kappa shape index (κ3) is 42.0. The maximum absolute atomic E-state index is 12.6. The van der Waals surface area contributed by atoms with E-state index in [9.17, 15) is 14.4 Å². The largest absolute Gasteiger partial charge is 0.462 e. The highest BCUT2D eigenvalue weighted by atomic mass is 16.6. The summed E-state index contributed by atoms with van der Waals surface area (Å²) in [6.45, 7) is 11.3. The Kier molecular flexibility index (Phi) is 41.8. The fourth-order valence-electron chi connectivity index (χ4n) is 7.43. The average Bonchev–Trinajstić information content (AvgIpc) is 3.18. The van der Waals surface area contributed by atoms with Gasteiger partial charge >= 0.3 is 17.9 Å². The van der Waals surface area contributed by atoms with Crippen molar-refractivity contribution in [3.8, 4) is 0 Å². The van der Waals surface area contributed by atoms with E-state index in [1.807, 2.05) is 0 Å². The summed E-state index contributed by atoms with van der Waals surface area (Å²) in [5.74, 6) is 0.804. The van der Waals surface area contributed by atoms with E-state index in [0.717, 1.165) is 69.6 Å². The van der Waals surface area contributed by atoms with Crippen LogP contribution in [0.1, 0.15) is 272 Å².